The van der Waals surface area contributed by atoms with Crippen LogP contribution >= 0.6 is 23.2 Å². The summed E-state index contributed by atoms with van der Waals surface area (Å²) in [6.45, 7) is -0.454. The van der Waals surface area contributed by atoms with Crippen LogP contribution in [-0.2, 0) is 19.1 Å². The predicted octanol–water partition coefficient (Wildman–Crippen LogP) is 1.75. The van der Waals surface area contributed by atoms with Crippen molar-refractivity contribution >= 4 is 46.7 Å². The van der Waals surface area contributed by atoms with Gasteiger partial charge in [-0.3, -0.25) is 9.59 Å². The summed E-state index contributed by atoms with van der Waals surface area (Å²) in [5.74, 6) is -1.36. The van der Waals surface area contributed by atoms with Crippen molar-refractivity contribution in [3.05, 3.63) is 28.2 Å². The second-order valence-electron chi connectivity index (χ2n) is 4.44. The summed E-state index contributed by atoms with van der Waals surface area (Å²) in [5.41, 5.74) is 0.372. The first-order chi connectivity index (χ1) is 9.95. The number of carbonyl (C=O) groups is 3. The zero-order valence-electron chi connectivity index (χ0n) is 10.8. The molecule has 1 atom stereocenters. The van der Waals surface area contributed by atoms with Gasteiger partial charge in [-0.15, -0.1) is 0 Å². The zero-order valence-corrected chi connectivity index (χ0v) is 12.3. The zero-order chi connectivity index (χ0) is 15.4. The SMILES string of the molecule is O=C(COC(=O)[C@H]1CCC(=O)N1)Nc1ccc(Cl)cc1Cl. The molecule has 1 fully saturated rings. The normalized spacial score (nSPS) is 17.2. The van der Waals surface area contributed by atoms with E-state index < -0.39 is 24.5 Å². The summed E-state index contributed by atoms with van der Waals surface area (Å²) in [5, 5.41) is 5.69. The maximum absolute atomic E-state index is 11.7. The first-order valence-corrected chi connectivity index (χ1v) is 6.92. The molecule has 0 aromatic heterocycles. The second kappa shape index (κ2) is 6.78. The molecule has 2 N–H and O–H groups in total. The highest BCUT2D eigenvalue weighted by Gasteiger charge is 2.28. The van der Waals surface area contributed by atoms with Crippen molar-refractivity contribution in [2.75, 3.05) is 11.9 Å². The Morgan fingerprint density at radius 1 is 1.38 bits per heavy atom. The molecule has 1 aliphatic heterocycles. The van der Waals surface area contributed by atoms with Gasteiger partial charge in [0.2, 0.25) is 5.91 Å². The van der Waals surface area contributed by atoms with Crippen molar-refractivity contribution in [2.24, 2.45) is 0 Å². The first-order valence-electron chi connectivity index (χ1n) is 6.16. The number of hydrogen-bond donors (Lipinski definition) is 2. The second-order valence-corrected chi connectivity index (χ2v) is 5.28. The smallest absolute Gasteiger partial charge is 0.329 e. The molecule has 1 aromatic rings. The van der Waals surface area contributed by atoms with Gasteiger partial charge in [0.15, 0.2) is 6.61 Å². The Morgan fingerprint density at radius 3 is 2.76 bits per heavy atom. The molecule has 1 heterocycles. The number of benzene rings is 1. The molecule has 6 nitrogen and oxygen atoms in total. The fourth-order valence-electron chi connectivity index (χ4n) is 1.81. The van der Waals surface area contributed by atoms with Gasteiger partial charge in [-0.1, -0.05) is 23.2 Å². The Bertz CT molecular complexity index is 592. The summed E-state index contributed by atoms with van der Waals surface area (Å²) in [6, 6.07) is 3.92. The Morgan fingerprint density at radius 2 is 2.14 bits per heavy atom. The third-order valence-corrected chi connectivity index (χ3v) is 3.38. The number of nitrogens with one attached hydrogen (secondary N) is 2. The van der Waals surface area contributed by atoms with E-state index in [9.17, 15) is 14.4 Å². The number of amides is 2. The number of esters is 1. The van der Waals surface area contributed by atoms with Crippen LogP contribution in [0.4, 0.5) is 5.69 Å². The minimum absolute atomic E-state index is 0.200. The van der Waals surface area contributed by atoms with Crippen LogP contribution < -0.4 is 10.6 Å². The van der Waals surface area contributed by atoms with Crippen molar-refractivity contribution in [2.45, 2.75) is 18.9 Å². The van der Waals surface area contributed by atoms with Gasteiger partial charge >= 0.3 is 5.97 Å². The van der Waals surface area contributed by atoms with Crippen LogP contribution in [0, 0.1) is 0 Å². The van der Waals surface area contributed by atoms with Crippen molar-refractivity contribution in [1.82, 2.24) is 5.32 Å². The van der Waals surface area contributed by atoms with Crippen molar-refractivity contribution in [3.8, 4) is 0 Å². The van der Waals surface area contributed by atoms with Crippen LogP contribution in [-0.4, -0.2) is 30.4 Å². The summed E-state index contributed by atoms with van der Waals surface area (Å²) >= 11 is 11.6. The molecule has 112 valence electrons. The Labute approximate surface area is 130 Å². The van der Waals surface area contributed by atoms with Crippen LogP contribution in [0.5, 0.6) is 0 Å². The van der Waals surface area contributed by atoms with Gasteiger partial charge in [-0.05, 0) is 24.6 Å². The van der Waals surface area contributed by atoms with Crippen LogP contribution in [0.3, 0.4) is 0 Å². The van der Waals surface area contributed by atoms with E-state index in [1.807, 2.05) is 0 Å². The lowest BCUT2D eigenvalue weighted by Crippen LogP contribution is -2.36. The minimum Gasteiger partial charge on any atom is -0.454 e. The van der Waals surface area contributed by atoms with Gasteiger partial charge < -0.3 is 15.4 Å². The number of rotatable bonds is 4. The fraction of sp³-hybridized carbons (Fsp3) is 0.308. The molecule has 2 rings (SSSR count). The standard InChI is InChI=1S/C13H12Cl2N2O4/c14-7-1-2-9(8(15)5-7)16-12(19)6-21-13(20)10-3-4-11(18)17-10/h1-2,5,10H,3-4,6H2,(H,16,19)(H,17,18)/t10-/m1/s1. The fourth-order valence-corrected chi connectivity index (χ4v) is 2.26. The monoisotopic (exact) mass is 330 g/mol. The molecular formula is C13H12Cl2N2O4. The quantitative estimate of drug-likeness (QED) is 0.824. The summed E-state index contributed by atoms with van der Waals surface area (Å²) in [7, 11) is 0. The third kappa shape index (κ3) is 4.34. The molecule has 1 saturated heterocycles. The highest BCUT2D eigenvalue weighted by molar-refractivity contribution is 6.36. The van der Waals surface area contributed by atoms with Gasteiger partial charge in [0.25, 0.3) is 5.91 Å². The molecule has 2 amide bonds. The van der Waals surface area contributed by atoms with Crippen molar-refractivity contribution in [1.29, 1.82) is 0 Å². The van der Waals surface area contributed by atoms with E-state index in [1.54, 1.807) is 12.1 Å². The summed E-state index contributed by atoms with van der Waals surface area (Å²) in [6.07, 6.45) is 0.661. The number of anilines is 1. The summed E-state index contributed by atoms with van der Waals surface area (Å²) < 4.78 is 4.84. The lowest BCUT2D eigenvalue weighted by atomic mass is 10.2. The van der Waals surface area contributed by atoms with Gasteiger partial charge in [-0.2, -0.15) is 0 Å². The van der Waals surface area contributed by atoms with Crippen molar-refractivity contribution in [3.63, 3.8) is 0 Å². The molecule has 0 saturated carbocycles. The molecule has 0 aliphatic carbocycles. The van der Waals surface area contributed by atoms with Crippen LogP contribution in [0.25, 0.3) is 0 Å². The Kier molecular flexibility index (Phi) is 5.03. The van der Waals surface area contributed by atoms with Gasteiger partial charge in [0, 0.05) is 11.4 Å². The molecule has 0 bridgehead atoms. The maximum atomic E-state index is 11.7. The highest BCUT2D eigenvalue weighted by Crippen LogP contribution is 2.25. The lowest BCUT2D eigenvalue weighted by molar-refractivity contribution is -0.149. The van der Waals surface area contributed by atoms with Gasteiger partial charge in [0.1, 0.15) is 6.04 Å². The van der Waals surface area contributed by atoms with Crippen LogP contribution in [0.2, 0.25) is 10.0 Å². The topological polar surface area (TPSA) is 84.5 Å². The molecule has 0 spiro atoms. The molecule has 21 heavy (non-hydrogen) atoms. The molecule has 8 heteroatoms. The van der Waals surface area contributed by atoms with E-state index in [-0.39, 0.29) is 17.4 Å². The maximum Gasteiger partial charge on any atom is 0.329 e. The number of carbonyl (C=O) groups excluding carboxylic acids is 3. The molecule has 0 unspecified atom stereocenters. The predicted molar refractivity (Wildman–Crippen MR) is 77.2 cm³/mol. The molecule has 1 aromatic carbocycles. The van der Waals surface area contributed by atoms with E-state index in [2.05, 4.69) is 10.6 Å². The largest absolute Gasteiger partial charge is 0.454 e. The van der Waals surface area contributed by atoms with Gasteiger partial charge in [-0.25, -0.2) is 4.79 Å². The van der Waals surface area contributed by atoms with E-state index in [0.29, 0.717) is 17.1 Å². The third-order valence-electron chi connectivity index (χ3n) is 2.83. The molecular weight excluding hydrogens is 319 g/mol. The highest BCUT2D eigenvalue weighted by atomic mass is 35.5. The van der Waals surface area contributed by atoms with Crippen molar-refractivity contribution < 1.29 is 19.1 Å². The van der Waals surface area contributed by atoms with E-state index in [0.717, 1.165) is 0 Å². The average Bonchev–Trinajstić information content (AvgIpc) is 2.86. The van der Waals surface area contributed by atoms with Gasteiger partial charge in [0.05, 0.1) is 10.7 Å². The number of ether oxygens (including phenoxy) is 1. The first kappa shape index (κ1) is 15.6. The average molecular weight is 331 g/mol. The Hall–Kier alpha value is -1.79. The van der Waals surface area contributed by atoms with Crippen LogP contribution in [0.15, 0.2) is 18.2 Å². The number of halogens is 2. The lowest BCUT2D eigenvalue weighted by Gasteiger charge is -2.11. The minimum atomic E-state index is -0.676. The molecule has 0 radical (unpaired) electrons. The Balaban J connectivity index is 1.82. The number of hydrogen-bond acceptors (Lipinski definition) is 4. The molecule has 1 aliphatic rings. The van der Waals surface area contributed by atoms with E-state index in [4.69, 9.17) is 27.9 Å². The van der Waals surface area contributed by atoms with E-state index >= 15 is 0 Å². The van der Waals surface area contributed by atoms with Crippen LogP contribution in [0.1, 0.15) is 12.8 Å². The van der Waals surface area contributed by atoms with E-state index in [1.165, 1.54) is 6.07 Å². The summed E-state index contributed by atoms with van der Waals surface area (Å²) in [4.78, 5) is 34.2.